The Bertz CT molecular complexity index is 640. The smallest absolute Gasteiger partial charge is 0.199 e. The molecular formula is C18H26N4O. The fourth-order valence-electron chi connectivity index (χ4n) is 3.64. The number of nitrogens with zero attached hydrogens (tertiary/aromatic N) is 2. The molecule has 0 saturated carbocycles. The molecule has 1 unspecified atom stereocenters. The maximum absolute atomic E-state index is 6.00. The van der Waals surface area contributed by atoms with Gasteiger partial charge in [0, 0.05) is 32.1 Å². The third-order valence-electron chi connectivity index (χ3n) is 4.95. The van der Waals surface area contributed by atoms with Crippen LogP contribution in [0.1, 0.15) is 36.6 Å². The number of hydrogen-bond acceptors (Lipinski definition) is 5. The summed E-state index contributed by atoms with van der Waals surface area (Å²) in [5, 5.41) is 6.89. The third-order valence-corrected chi connectivity index (χ3v) is 4.95. The van der Waals surface area contributed by atoms with E-state index in [1.54, 1.807) is 0 Å². The summed E-state index contributed by atoms with van der Waals surface area (Å²) < 4.78 is 6.00. The molecule has 5 heteroatoms. The molecule has 2 aliphatic rings. The third kappa shape index (κ3) is 3.57. The molecule has 0 bridgehead atoms. The number of benzene rings is 1. The van der Waals surface area contributed by atoms with Gasteiger partial charge in [-0.1, -0.05) is 6.07 Å². The molecule has 2 aliphatic heterocycles. The molecule has 0 radical (unpaired) electrons. The molecular weight excluding hydrogens is 288 g/mol. The van der Waals surface area contributed by atoms with E-state index in [0.717, 1.165) is 56.3 Å². The minimum absolute atomic E-state index is 0.427. The van der Waals surface area contributed by atoms with E-state index < -0.39 is 0 Å². The van der Waals surface area contributed by atoms with E-state index in [-0.39, 0.29) is 0 Å². The van der Waals surface area contributed by atoms with Crippen LogP contribution in [0.3, 0.4) is 0 Å². The minimum atomic E-state index is 0.427. The van der Waals surface area contributed by atoms with Gasteiger partial charge in [0.1, 0.15) is 5.52 Å². The average molecular weight is 314 g/mol. The second-order valence-electron chi connectivity index (χ2n) is 6.78. The summed E-state index contributed by atoms with van der Waals surface area (Å²) in [5.74, 6) is 1.33. The molecule has 2 aromatic rings. The summed E-state index contributed by atoms with van der Waals surface area (Å²) in [4.78, 5) is 7.29. The fourth-order valence-corrected chi connectivity index (χ4v) is 3.64. The topological polar surface area (TPSA) is 53.3 Å². The lowest BCUT2D eigenvalue weighted by molar-refractivity contribution is 0.284. The predicted molar refractivity (Wildman–Crippen MR) is 91.6 cm³/mol. The van der Waals surface area contributed by atoms with Crippen LogP contribution >= 0.6 is 0 Å². The van der Waals surface area contributed by atoms with Crippen molar-refractivity contribution >= 4 is 11.1 Å². The zero-order valence-corrected chi connectivity index (χ0v) is 13.7. The molecule has 4 rings (SSSR count). The highest BCUT2D eigenvalue weighted by Crippen LogP contribution is 2.27. The van der Waals surface area contributed by atoms with Gasteiger partial charge >= 0.3 is 0 Å². The van der Waals surface area contributed by atoms with E-state index in [1.807, 2.05) is 0 Å². The molecule has 3 heterocycles. The zero-order valence-electron chi connectivity index (χ0n) is 13.7. The van der Waals surface area contributed by atoms with Crippen molar-refractivity contribution in [3.05, 3.63) is 29.7 Å². The van der Waals surface area contributed by atoms with Crippen LogP contribution in [-0.2, 0) is 6.54 Å². The van der Waals surface area contributed by atoms with Gasteiger partial charge in [0.05, 0.1) is 0 Å². The van der Waals surface area contributed by atoms with Crippen molar-refractivity contribution in [1.82, 2.24) is 20.5 Å². The number of piperidine rings is 1. The number of fused-ring (bicyclic) bond motifs is 1. The molecule has 0 amide bonds. The molecule has 23 heavy (non-hydrogen) atoms. The van der Waals surface area contributed by atoms with Crippen LogP contribution in [0.5, 0.6) is 0 Å². The fraction of sp³-hybridized carbons (Fsp3) is 0.611. The monoisotopic (exact) mass is 314 g/mol. The van der Waals surface area contributed by atoms with E-state index in [0.29, 0.717) is 5.92 Å². The maximum Gasteiger partial charge on any atom is 0.199 e. The Balaban J connectivity index is 1.50. The van der Waals surface area contributed by atoms with Gasteiger partial charge in [-0.25, -0.2) is 4.98 Å². The molecule has 1 aromatic heterocycles. The molecule has 1 aromatic carbocycles. The van der Waals surface area contributed by atoms with Gasteiger partial charge < -0.3 is 15.1 Å². The Labute approximate surface area is 137 Å². The van der Waals surface area contributed by atoms with Crippen LogP contribution in [0.15, 0.2) is 22.6 Å². The first-order chi connectivity index (χ1) is 11.4. The Morgan fingerprint density at radius 2 is 2.09 bits per heavy atom. The van der Waals surface area contributed by atoms with Gasteiger partial charge in [-0.05, 0) is 56.6 Å². The largest absolute Gasteiger partial charge is 0.440 e. The summed E-state index contributed by atoms with van der Waals surface area (Å²) in [6.45, 7) is 7.62. The predicted octanol–water partition coefficient (Wildman–Crippen LogP) is 2.09. The van der Waals surface area contributed by atoms with Crippen molar-refractivity contribution in [2.45, 2.75) is 31.7 Å². The van der Waals surface area contributed by atoms with Crippen LogP contribution in [0.2, 0.25) is 0 Å². The quantitative estimate of drug-likeness (QED) is 0.908. The molecule has 5 nitrogen and oxygen atoms in total. The van der Waals surface area contributed by atoms with Crippen LogP contribution in [-0.4, -0.2) is 49.2 Å². The molecule has 0 aliphatic carbocycles. The number of rotatable bonds is 3. The maximum atomic E-state index is 6.00. The summed E-state index contributed by atoms with van der Waals surface area (Å²) in [6, 6.07) is 6.49. The van der Waals surface area contributed by atoms with Gasteiger partial charge in [-0.15, -0.1) is 0 Å². The van der Waals surface area contributed by atoms with E-state index >= 15 is 0 Å². The van der Waals surface area contributed by atoms with Crippen molar-refractivity contribution in [3.8, 4) is 0 Å². The summed E-state index contributed by atoms with van der Waals surface area (Å²) >= 11 is 0. The normalized spacial score (nSPS) is 23.9. The first kappa shape index (κ1) is 15.1. The summed E-state index contributed by atoms with van der Waals surface area (Å²) in [7, 11) is 0. The lowest BCUT2D eigenvalue weighted by Crippen LogP contribution is -2.28. The van der Waals surface area contributed by atoms with E-state index in [2.05, 4.69) is 33.7 Å². The SMILES string of the molecule is c1cc2oc(C3CCCNC3)nc2cc1CN1CCCNCC1. The van der Waals surface area contributed by atoms with Crippen molar-refractivity contribution in [1.29, 1.82) is 0 Å². The van der Waals surface area contributed by atoms with Crippen LogP contribution in [0.4, 0.5) is 0 Å². The first-order valence-corrected chi connectivity index (χ1v) is 8.92. The second-order valence-corrected chi connectivity index (χ2v) is 6.78. The average Bonchev–Trinajstić information content (AvgIpc) is 2.85. The van der Waals surface area contributed by atoms with Crippen molar-refractivity contribution in [2.24, 2.45) is 0 Å². The highest BCUT2D eigenvalue weighted by molar-refractivity contribution is 5.73. The first-order valence-electron chi connectivity index (χ1n) is 8.92. The zero-order chi connectivity index (χ0) is 15.5. The minimum Gasteiger partial charge on any atom is -0.440 e. The lowest BCUT2D eigenvalue weighted by Gasteiger charge is -2.19. The molecule has 2 N–H and O–H groups in total. The van der Waals surface area contributed by atoms with Gasteiger partial charge in [0.25, 0.3) is 0 Å². The van der Waals surface area contributed by atoms with Gasteiger partial charge in [0.2, 0.25) is 0 Å². The molecule has 2 fully saturated rings. The molecule has 0 spiro atoms. The highest BCUT2D eigenvalue weighted by Gasteiger charge is 2.20. The van der Waals surface area contributed by atoms with E-state index in [1.165, 1.54) is 31.4 Å². The van der Waals surface area contributed by atoms with Crippen LogP contribution in [0.25, 0.3) is 11.1 Å². The van der Waals surface area contributed by atoms with Gasteiger partial charge in [-0.2, -0.15) is 0 Å². The van der Waals surface area contributed by atoms with Crippen LogP contribution in [0, 0.1) is 0 Å². The number of oxazole rings is 1. The highest BCUT2D eigenvalue weighted by atomic mass is 16.3. The molecule has 2 saturated heterocycles. The standard InChI is InChI=1S/C18H26N4O/c1-3-15(12-20-6-1)18-21-16-11-14(4-5-17(16)23-18)13-22-9-2-7-19-8-10-22/h4-5,11,15,19-20H,1-3,6-10,12-13H2. The van der Waals surface area contributed by atoms with Crippen LogP contribution < -0.4 is 10.6 Å². The number of nitrogens with one attached hydrogen (secondary N) is 2. The Morgan fingerprint density at radius 1 is 1.13 bits per heavy atom. The number of hydrogen-bond donors (Lipinski definition) is 2. The Morgan fingerprint density at radius 3 is 3.00 bits per heavy atom. The Hall–Kier alpha value is -1.43. The van der Waals surface area contributed by atoms with E-state index in [9.17, 15) is 0 Å². The summed E-state index contributed by atoms with van der Waals surface area (Å²) in [6.07, 6.45) is 3.61. The molecule has 1 atom stereocenters. The van der Waals surface area contributed by atoms with Gasteiger partial charge in [0.15, 0.2) is 11.5 Å². The second kappa shape index (κ2) is 6.99. The summed E-state index contributed by atoms with van der Waals surface area (Å²) in [5.41, 5.74) is 3.27. The van der Waals surface area contributed by atoms with Gasteiger partial charge in [-0.3, -0.25) is 4.90 Å². The van der Waals surface area contributed by atoms with Crippen molar-refractivity contribution < 1.29 is 4.42 Å². The Kier molecular flexibility index (Phi) is 4.60. The molecule has 124 valence electrons. The number of aromatic nitrogens is 1. The van der Waals surface area contributed by atoms with Crippen molar-refractivity contribution in [3.63, 3.8) is 0 Å². The van der Waals surface area contributed by atoms with Crippen molar-refractivity contribution in [2.75, 3.05) is 39.3 Å². The van der Waals surface area contributed by atoms with E-state index in [4.69, 9.17) is 9.40 Å². The lowest BCUT2D eigenvalue weighted by atomic mass is 10.00.